The average Bonchev–Trinajstić information content (AvgIpc) is 3.44. The minimum atomic E-state index is -0.694. The van der Waals surface area contributed by atoms with Gasteiger partial charge >= 0.3 is 5.97 Å². The topological polar surface area (TPSA) is 79.8 Å². The fourth-order valence-corrected chi connectivity index (χ4v) is 6.25. The highest BCUT2D eigenvalue weighted by atomic mass is 79.9. The lowest BCUT2D eigenvalue weighted by Gasteiger charge is -2.32. The molecule has 1 aliphatic heterocycles. The van der Waals surface area contributed by atoms with Gasteiger partial charge in [-0.3, -0.25) is 14.0 Å². The molecule has 33 heavy (non-hydrogen) atoms. The summed E-state index contributed by atoms with van der Waals surface area (Å²) >= 11 is 3.54. The Hall–Kier alpha value is -2.87. The Morgan fingerprint density at radius 1 is 1.00 bits per heavy atom. The molecule has 8 heteroatoms. The van der Waals surface area contributed by atoms with Crippen molar-refractivity contribution in [3.8, 4) is 0 Å². The smallest absolute Gasteiger partial charge is 0.306 e. The van der Waals surface area contributed by atoms with Gasteiger partial charge in [-0.25, -0.2) is 0 Å². The Kier molecular flexibility index (Phi) is 4.94. The molecule has 7 nitrogen and oxygen atoms in total. The van der Waals surface area contributed by atoms with Gasteiger partial charge in [-0.2, -0.15) is 4.98 Å². The summed E-state index contributed by atoms with van der Waals surface area (Å²) in [7, 11) is 0. The number of fused-ring (bicyclic) bond motifs is 5. The first-order valence-electron chi connectivity index (χ1n) is 11.7. The molecule has 4 aromatic rings. The van der Waals surface area contributed by atoms with Crippen LogP contribution in [0.15, 0.2) is 45.7 Å². The molecule has 2 aromatic carbocycles. The summed E-state index contributed by atoms with van der Waals surface area (Å²) in [6.07, 6.45) is 5.85. The van der Waals surface area contributed by atoms with E-state index in [1.54, 1.807) is 0 Å². The highest BCUT2D eigenvalue weighted by Gasteiger charge is 2.27. The van der Waals surface area contributed by atoms with E-state index in [1.165, 1.54) is 12.8 Å². The third-order valence-electron chi connectivity index (χ3n) is 7.42. The number of anilines is 1. The monoisotopic (exact) mass is 508 g/mol. The molecule has 2 aliphatic rings. The molecular weight excluding hydrogens is 484 g/mol. The second-order valence-electron chi connectivity index (χ2n) is 9.27. The maximum Gasteiger partial charge on any atom is 0.306 e. The van der Waals surface area contributed by atoms with Crippen LogP contribution in [0.3, 0.4) is 0 Å². The van der Waals surface area contributed by atoms with Crippen LogP contribution in [0.4, 0.5) is 5.69 Å². The lowest BCUT2D eigenvalue weighted by atomic mass is 9.97. The molecule has 3 heterocycles. The molecule has 0 bridgehead atoms. The summed E-state index contributed by atoms with van der Waals surface area (Å²) in [5, 5.41) is 9.94. The lowest BCUT2D eigenvalue weighted by molar-refractivity contribution is -0.142. The second kappa shape index (κ2) is 7.87. The third-order valence-corrected chi connectivity index (χ3v) is 8.08. The Labute approximate surface area is 198 Å². The Morgan fingerprint density at radius 2 is 1.76 bits per heavy atom. The zero-order chi connectivity index (χ0) is 22.7. The zero-order valence-corrected chi connectivity index (χ0v) is 19.8. The van der Waals surface area contributed by atoms with Crippen LogP contribution in [-0.2, 0) is 4.79 Å². The van der Waals surface area contributed by atoms with Crippen LogP contribution in [-0.4, -0.2) is 38.1 Å². The normalized spacial score (nSPS) is 18.2. The molecule has 0 radical (unpaired) electrons. The van der Waals surface area contributed by atoms with Gasteiger partial charge in [0.1, 0.15) is 0 Å². The molecule has 2 fully saturated rings. The number of imidazole rings is 1. The number of rotatable bonds is 3. The molecule has 1 saturated heterocycles. The summed E-state index contributed by atoms with van der Waals surface area (Å²) < 4.78 is 5.15. The number of carboxylic acid groups (broad SMARTS) is 1. The van der Waals surface area contributed by atoms with E-state index in [0.29, 0.717) is 30.0 Å². The van der Waals surface area contributed by atoms with Crippen molar-refractivity contribution in [2.24, 2.45) is 5.92 Å². The van der Waals surface area contributed by atoms with Crippen LogP contribution in [0.1, 0.15) is 44.6 Å². The minimum absolute atomic E-state index is 0.213. The number of piperidine rings is 1. The van der Waals surface area contributed by atoms with Crippen molar-refractivity contribution < 1.29 is 9.90 Å². The first kappa shape index (κ1) is 20.7. The quantitative estimate of drug-likeness (QED) is 0.422. The van der Waals surface area contributed by atoms with Gasteiger partial charge in [0, 0.05) is 29.3 Å². The molecule has 0 amide bonds. The maximum atomic E-state index is 13.0. The predicted molar refractivity (Wildman–Crippen MR) is 132 cm³/mol. The number of aromatic nitrogens is 3. The summed E-state index contributed by atoms with van der Waals surface area (Å²) in [5.41, 5.74) is 3.87. The second-order valence-corrected chi connectivity index (χ2v) is 10.1. The standard InChI is InChI=1S/C25H25BrN4O3/c26-18-6-3-7-20-22(18)23(31)27-25-29(16-4-1-2-5-16)21-14-17(8-9-19(21)30(20)25)28-12-10-15(11-13-28)24(32)33/h3,6-9,14-16H,1-2,4-5,10-13H2,(H,32,33). The summed E-state index contributed by atoms with van der Waals surface area (Å²) in [5.74, 6) is -0.246. The molecule has 1 saturated carbocycles. The van der Waals surface area contributed by atoms with Crippen LogP contribution in [0.25, 0.3) is 27.7 Å². The lowest BCUT2D eigenvalue weighted by Crippen LogP contribution is -2.36. The molecule has 6 rings (SSSR count). The van der Waals surface area contributed by atoms with E-state index < -0.39 is 5.97 Å². The fourth-order valence-electron chi connectivity index (χ4n) is 5.72. The predicted octanol–water partition coefficient (Wildman–Crippen LogP) is 4.98. The van der Waals surface area contributed by atoms with Gasteiger partial charge in [0.15, 0.2) is 0 Å². The van der Waals surface area contributed by atoms with E-state index in [-0.39, 0.29) is 11.5 Å². The van der Waals surface area contributed by atoms with Crippen molar-refractivity contribution in [2.75, 3.05) is 18.0 Å². The van der Waals surface area contributed by atoms with E-state index in [0.717, 1.165) is 52.6 Å². The number of benzene rings is 2. The van der Waals surface area contributed by atoms with Crippen LogP contribution in [0.2, 0.25) is 0 Å². The summed E-state index contributed by atoms with van der Waals surface area (Å²) in [6.45, 7) is 1.47. The van der Waals surface area contributed by atoms with E-state index in [2.05, 4.69) is 53.0 Å². The van der Waals surface area contributed by atoms with Crippen molar-refractivity contribution in [1.82, 2.24) is 14.0 Å². The minimum Gasteiger partial charge on any atom is -0.481 e. The molecule has 170 valence electrons. The Morgan fingerprint density at radius 3 is 2.48 bits per heavy atom. The van der Waals surface area contributed by atoms with Gasteiger partial charge in [0.2, 0.25) is 5.78 Å². The Bertz CT molecular complexity index is 1460. The Balaban J connectivity index is 1.58. The highest BCUT2D eigenvalue weighted by Crippen LogP contribution is 2.37. The summed E-state index contributed by atoms with van der Waals surface area (Å²) in [4.78, 5) is 31.3. The number of carboxylic acids is 1. The van der Waals surface area contributed by atoms with Crippen molar-refractivity contribution >= 4 is 55.3 Å². The zero-order valence-electron chi connectivity index (χ0n) is 18.2. The first-order valence-corrected chi connectivity index (χ1v) is 12.4. The fraction of sp³-hybridized carbons (Fsp3) is 0.400. The number of aliphatic carboxylic acids is 1. The van der Waals surface area contributed by atoms with Gasteiger partial charge in [0.25, 0.3) is 5.56 Å². The van der Waals surface area contributed by atoms with Crippen molar-refractivity contribution in [3.05, 3.63) is 51.2 Å². The number of hydrogen-bond donors (Lipinski definition) is 1. The number of nitrogens with zero attached hydrogens (tertiary/aromatic N) is 4. The van der Waals surface area contributed by atoms with Gasteiger partial charge in [-0.05, 0) is 71.9 Å². The number of halogens is 1. The van der Waals surface area contributed by atoms with Gasteiger partial charge in [-0.1, -0.05) is 18.9 Å². The van der Waals surface area contributed by atoms with E-state index >= 15 is 0 Å². The molecule has 0 spiro atoms. The van der Waals surface area contributed by atoms with E-state index in [1.807, 2.05) is 18.2 Å². The van der Waals surface area contributed by atoms with Crippen molar-refractivity contribution in [3.63, 3.8) is 0 Å². The van der Waals surface area contributed by atoms with Gasteiger partial charge < -0.3 is 14.6 Å². The average molecular weight is 509 g/mol. The molecule has 1 aliphatic carbocycles. The number of carbonyl (C=O) groups is 1. The SMILES string of the molecule is O=C(O)C1CCN(c2ccc3c(c2)n(C2CCCC2)c2nc(=O)c4c(Br)cccc4n32)CC1. The molecule has 2 aromatic heterocycles. The van der Waals surface area contributed by atoms with E-state index in [4.69, 9.17) is 0 Å². The number of hydrogen-bond acceptors (Lipinski definition) is 4. The van der Waals surface area contributed by atoms with Gasteiger partial charge in [0.05, 0.1) is 27.9 Å². The summed E-state index contributed by atoms with van der Waals surface area (Å²) in [6, 6.07) is 12.6. The van der Waals surface area contributed by atoms with Crippen LogP contribution in [0, 0.1) is 5.92 Å². The molecule has 0 unspecified atom stereocenters. The highest BCUT2D eigenvalue weighted by molar-refractivity contribution is 9.10. The first-order chi connectivity index (χ1) is 16.0. The van der Waals surface area contributed by atoms with Crippen LogP contribution in [0.5, 0.6) is 0 Å². The third kappa shape index (κ3) is 3.26. The van der Waals surface area contributed by atoms with E-state index in [9.17, 15) is 14.7 Å². The van der Waals surface area contributed by atoms with Crippen LogP contribution < -0.4 is 10.5 Å². The molecule has 1 N–H and O–H groups in total. The largest absolute Gasteiger partial charge is 0.481 e. The molecular formula is C25H25BrN4O3. The van der Waals surface area contributed by atoms with Crippen molar-refractivity contribution in [2.45, 2.75) is 44.6 Å². The molecule has 0 atom stereocenters. The maximum absolute atomic E-state index is 13.0. The van der Waals surface area contributed by atoms with Gasteiger partial charge in [-0.15, -0.1) is 0 Å². The van der Waals surface area contributed by atoms with Crippen molar-refractivity contribution in [1.29, 1.82) is 0 Å². The van der Waals surface area contributed by atoms with Crippen LogP contribution >= 0.6 is 15.9 Å².